The summed E-state index contributed by atoms with van der Waals surface area (Å²) in [5.41, 5.74) is -0.0828. The second-order valence-electron chi connectivity index (χ2n) is 3.64. The summed E-state index contributed by atoms with van der Waals surface area (Å²) in [5.74, 6) is -0.0920. The van der Waals surface area contributed by atoms with Gasteiger partial charge in [0.1, 0.15) is 23.0 Å². The maximum atomic E-state index is 11.0. The lowest BCUT2D eigenvalue weighted by Crippen LogP contribution is -1.99. The van der Waals surface area contributed by atoms with E-state index in [0.29, 0.717) is 5.56 Å². The van der Waals surface area contributed by atoms with E-state index in [2.05, 4.69) is 0 Å². The van der Waals surface area contributed by atoms with Crippen LogP contribution < -0.4 is 5.63 Å². The van der Waals surface area contributed by atoms with Crippen molar-refractivity contribution in [3.63, 3.8) is 0 Å². The Morgan fingerprint density at radius 3 is 2.06 bits per heavy atom. The van der Waals surface area contributed by atoms with Gasteiger partial charge in [-0.15, -0.1) is 0 Å². The monoisotopic (exact) mass is 234 g/mol. The fourth-order valence-corrected chi connectivity index (χ4v) is 1.56. The molecule has 1 aromatic carbocycles. The van der Waals surface area contributed by atoms with Crippen molar-refractivity contribution < 1.29 is 19.7 Å². The summed E-state index contributed by atoms with van der Waals surface area (Å²) < 4.78 is 4.86. The lowest BCUT2D eigenvalue weighted by atomic mass is 10.1. The van der Waals surface area contributed by atoms with Gasteiger partial charge < -0.3 is 19.7 Å². The van der Waals surface area contributed by atoms with Crippen molar-refractivity contribution >= 4 is 0 Å². The van der Waals surface area contributed by atoms with Crippen LogP contribution in [0, 0.1) is 0 Å². The first-order chi connectivity index (χ1) is 8.02. The first-order valence-electron chi connectivity index (χ1n) is 4.88. The molecule has 3 N–H and O–H groups in total. The van der Waals surface area contributed by atoms with Gasteiger partial charge in [-0.1, -0.05) is 0 Å². The van der Waals surface area contributed by atoms with Crippen molar-refractivity contribution in [2.75, 3.05) is 0 Å². The smallest absolute Gasteiger partial charge is 0.339 e. The highest BCUT2D eigenvalue weighted by atomic mass is 16.4. The van der Waals surface area contributed by atoms with Gasteiger partial charge in [0.25, 0.3) is 0 Å². The average molecular weight is 234 g/mol. The summed E-state index contributed by atoms with van der Waals surface area (Å²) in [6, 6.07) is 6.33. The molecule has 0 spiro atoms. The number of hydrogen-bond acceptors (Lipinski definition) is 5. The molecule has 0 aliphatic carbocycles. The van der Waals surface area contributed by atoms with E-state index in [1.54, 1.807) is 0 Å². The van der Waals surface area contributed by atoms with Crippen molar-refractivity contribution in [2.45, 2.75) is 6.42 Å². The minimum atomic E-state index is -0.649. The molecule has 1 heterocycles. The SMILES string of the molecule is O=c1cc(O)cc(Cc2cc(O)cc(O)c2)o1. The topological polar surface area (TPSA) is 90.9 Å². The molecule has 5 heteroatoms. The van der Waals surface area contributed by atoms with Crippen LogP contribution in [0.15, 0.2) is 39.5 Å². The molecule has 2 aromatic rings. The summed E-state index contributed by atoms with van der Waals surface area (Å²) >= 11 is 0. The molecule has 5 nitrogen and oxygen atoms in total. The summed E-state index contributed by atoms with van der Waals surface area (Å²) in [6.45, 7) is 0. The van der Waals surface area contributed by atoms with Crippen molar-refractivity contribution in [3.05, 3.63) is 52.1 Å². The lowest BCUT2D eigenvalue weighted by Gasteiger charge is -2.03. The van der Waals surface area contributed by atoms with Gasteiger partial charge in [-0.05, 0) is 17.7 Å². The molecule has 0 aliphatic rings. The predicted molar refractivity (Wildman–Crippen MR) is 59.2 cm³/mol. The molecule has 17 heavy (non-hydrogen) atoms. The van der Waals surface area contributed by atoms with Gasteiger partial charge >= 0.3 is 5.63 Å². The van der Waals surface area contributed by atoms with E-state index in [-0.39, 0.29) is 29.4 Å². The molecule has 1 aromatic heterocycles. The molecule has 0 saturated carbocycles. The number of hydrogen-bond donors (Lipinski definition) is 3. The van der Waals surface area contributed by atoms with E-state index >= 15 is 0 Å². The summed E-state index contributed by atoms with van der Waals surface area (Å²) in [6.07, 6.45) is 0.186. The molecule has 0 amide bonds. The van der Waals surface area contributed by atoms with E-state index in [9.17, 15) is 20.1 Å². The number of phenols is 2. The van der Waals surface area contributed by atoms with Crippen molar-refractivity contribution in [2.24, 2.45) is 0 Å². The standard InChI is InChI=1S/C12H10O5/c13-8-1-7(2-9(14)4-8)3-11-5-10(15)6-12(16)17-11/h1-2,4-6,13-15H,3H2. The Hall–Kier alpha value is -2.43. The van der Waals surface area contributed by atoms with Crippen LogP contribution in [0.2, 0.25) is 0 Å². The Morgan fingerprint density at radius 2 is 1.47 bits per heavy atom. The molecule has 0 radical (unpaired) electrons. The number of aromatic hydroxyl groups is 3. The Bertz CT molecular complexity index is 580. The molecule has 0 unspecified atom stereocenters. The Morgan fingerprint density at radius 1 is 0.882 bits per heavy atom. The minimum absolute atomic E-state index is 0.0810. The number of rotatable bonds is 2. The van der Waals surface area contributed by atoms with Gasteiger partial charge in [0.15, 0.2) is 0 Å². The molecule has 0 fully saturated rings. The lowest BCUT2D eigenvalue weighted by molar-refractivity contribution is 0.427. The van der Waals surface area contributed by atoms with E-state index in [1.807, 2.05) is 0 Å². The largest absolute Gasteiger partial charge is 0.508 e. The van der Waals surface area contributed by atoms with E-state index < -0.39 is 5.63 Å². The van der Waals surface area contributed by atoms with Crippen LogP contribution in [0.4, 0.5) is 0 Å². The van der Waals surface area contributed by atoms with Crippen molar-refractivity contribution in [1.29, 1.82) is 0 Å². The van der Waals surface area contributed by atoms with Gasteiger partial charge in [0, 0.05) is 18.6 Å². The number of phenolic OH excluding ortho intramolecular Hbond substituents is 2. The van der Waals surface area contributed by atoms with Crippen LogP contribution in [0.5, 0.6) is 17.2 Å². The maximum absolute atomic E-state index is 11.0. The molecule has 0 saturated heterocycles. The van der Waals surface area contributed by atoms with Gasteiger partial charge in [-0.3, -0.25) is 0 Å². The van der Waals surface area contributed by atoms with Crippen LogP contribution in [0.1, 0.15) is 11.3 Å². The Kier molecular flexibility index (Phi) is 2.74. The van der Waals surface area contributed by atoms with Crippen LogP contribution in [-0.4, -0.2) is 15.3 Å². The Labute approximate surface area is 96.2 Å². The first kappa shape index (κ1) is 11.1. The summed E-state index contributed by atoms with van der Waals surface area (Å²) in [7, 11) is 0. The van der Waals surface area contributed by atoms with E-state index in [0.717, 1.165) is 6.07 Å². The molecule has 0 bridgehead atoms. The van der Waals surface area contributed by atoms with Gasteiger partial charge in [0.05, 0.1) is 6.07 Å². The minimum Gasteiger partial charge on any atom is -0.508 e. The zero-order valence-electron chi connectivity index (χ0n) is 8.75. The second kappa shape index (κ2) is 4.21. The molecular weight excluding hydrogens is 224 g/mol. The van der Waals surface area contributed by atoms with E-state index in [4.69, 9.17) is 4.42 Å². The zero-order chi connectivity index (χ0) is 12.4. The first-order valence-corrected chi connectivity index (χ1v) is 4.88. The van der Waals surface area contributed by atoms with Crippen LogP contribution >= 0.6 is 0 Å². The molecular formula is C12H10O5. The van der Waals surface area contributed by atoms with Crippen LogP contribution in [-0.2, 0) is 6.42 Å². The molecule has 2 rings (SSSR count). The maximum Gasteiger partial charge on any atom is 0.339 e. The van der Waals surface area contributed by atoms with Gasteiger partial charge in [-0.25, -0.2) is 4.79 Å². The Balaban J connectivity index is 2.34. The van der Waals surface area contributed by atoms with Gasteiger partial charge in [0.2, 0.25) is 0 Å². The second-order valence-corrected chi connectivity index (χ2v) is 3.64. The molecule has 0 aliphatic heterocycles. The highest BCUT2D eigenvalue weighted by molar-refractivity contribution is 5.38. The van der Waals surface area contributed by atoms with Crippen LogP contribution in [0.25, 0.3) is 0 Å². The molecule has 0 atom stereocenters. The summed E-state index contributed by atoms with van der Waals surface area (Å²) in [5, 5.41) is 27.8. The highest BCUT2D eigenvalue weighted by Crippen LogP contribution is 2.22. The quantitative estimate of drug-likeness (QED) is 0.729. The van der Waals surface area contributed by atoms with Crippen molar-refractivity contribution in [1.82, 2.24) is 0 Å². The fraction of sp³-hybridized carbons (Fsp3) is 0.0833. The highest BCUT2D eigenvalue weighted by Gasteiger charge is 2.05. The van der Waals surface area contributed by atoms with Crippen molar-refractivity contribution in [3.8, 4) is 17.2 Å². The van der Waals surface area contributed by atoms with E-state index in [1.165, 1.54) is 24.3 Å². The normalized spacial score (nSPS) is 10.4. The van der Waals surface area contributed by atoms with Gasteiger partial charge in [-0.2, -0.15) is 0 Å². The predicted octanol–water partition coefficient (Wildman–Crippen LogP) is 1.35. The summed E-state index contributed by atoms with van der Waals surface area (Å²) in [4.78, 5) is 11.0. The third-order valence-corrected chi connectivity index (χ3v) is 2.15. The average Bonchev–Trinajstić information content (AvgIpc) is 2.13. The number of benzene rings is 1. The molecule has 88 valence electrons. The third-order valence-electron chi connectivity index (χ3n) is 2.15. The third kappa shape index (κ3) is 2.78. The zero-order valence-corrected chi connectivity index (χ0v) is 8.75. The fourth-order valence-electron chi connectivity index (χ4n) is 1.56. The van der Waals surface area contributed by atoms with Crippen LogP contribution in [0.3, 0.4) is 0 Å².